The second-order valence-electron chi connectivity index (χ2n) is 3.51. The summed E-state index contributed by atoms with van der Waals surface area (Å²) in [4.78, 5) is 19.2. The van der Waals surface area contributed by atoms with Crippen LogP contribution in [-0.4, -0.2) is 16.3 Å². The Morgan fingerprint density at radius 2 is 2.00 bits per heavy atom. The van der Waals surface area contributed by atoms with Gasteiger partial charge in [-0.15, -0.1) is 0 Å². The molecule has 16 heavy (non-hydrogen) atoms. The first-order valence-corrected chi connectivity index (χ1v) is 5.20. The number of carbonyl (C=O) groups excluding carboxylic acids is 1. The third-order valence-corrected chi connectivity index (χ3v) is 2.39. The molecule has 3 nitrogen and oxygen atoms in total. The number of aromatic nitrogens is 2. The molecule has 3 heteroatoms. The molecule has 0 aliphatic rings. The van der Waals surface area contributed by atoms with Crippen LogP contribution in [0, 0.1) is 0 Å². The average Bonchev–Trinajstić information content (AvgIpc) is 2.39. The molecule has 1 heterocycles. The molecular weight excluding hydrogens is 200 g/mol. The Balaban J connectivity index is 2.38. The topological polar surface area (TPSA) is 42.9 Å². The third-order valence-electron chi connectivity index (χ3n) is 2.39. The van der Waals surface area contributed by atoms with Gasteiger partial charge in [0.1, 0.15) is 6.29 Å². The Morgan fingerprint density at radius 1 is 1.25 bits per heavy atom. The average molecular weight is 212 g/mol. The van der Waals surface area contributed by atoms with Crippen molar-refractivity contribution in [2.24, 2.45) is 0 Å². The monoisotopic (exact) mass is 212 g/mol. The summed E-state index contributed by atoms with van der Waals surface area (Å²) in [6, 6.07) is 7.27. The third kappa shape index (κ3) is 2.14. The van der Waals surface area contributed by atoms with Crippen molar-refractivity contribution >= 4 is 6.29 Å². The normalized spacial score (nSPS) is 10.1. The number of carbonyl (C=O) groups is 1. The highest BCUT2D eigenvalue weighted by Gasteiger charge is 2.01. The van der Waals surface area contributed by atoms with Crippen molar-refractivity contribution in [3.8, 4) is 11.4 Å². The van der Waals surface area contributed by atoms with E-state index in [9.17, 15) is 4.79 Å². The maximum absolute atomic E-state index is 10.6. The molecule has 0 N–H and O–H groups in total. The standard InChI is InChI=1S/C13H12N2O/c1-2-10-7-14-13(15-8-10)12-5-3-4-11(6-12)9-16/h3-9H,2H2,1H3. The summed E-state index contributed by atoms with van der Waals surface area (Å²) >= 11 is 0. The minimum atomic E-state index is 0.640. The van der Waals surface area contributed by atoms with Gasteiger partial charge in [-0.05, 0) is 18.1 Å². The van der Waals surface area contributed by atoms with Gasteiger partial charge in [0.2, 0.25) is 0 Å². The Kier molecular flexibility index (Phi) is 3.05. The maximum Gasteiger partial charge on any atom is 0.159 e. The van der Waals surface area contributed by atoms with E-state index in [4.69, 9.17) is 0 Å². The summed E-state index contributed by atoms with van der Waals surface area (Å²) in [5, 5.41) is 0. The fraction of sp³-hybridized carbons (Fsp3) is 0.154. The van der Waals surface area contributed by atoms with E-state index in [2.05, 4.69) is 16.9 Å². The predicted molar refractivity (Wildman–Crippen MR) is 62.2 cm³/mol. The van der Waals surface area contributed by atoms with Gasteiger partial charge in [0.05, 0.1) is 0 Å². The van der Waals surface area contributed by atoms with Gasteiger partial charge >= 0.3 is 0 Å². The summed E-state index contributed by atoms with van der Waals surface area (Å²) < 4.78 is 0. The largest absolute Gasteiger partial charge is 0.298 e. The summed E-state index contributed by atoms with van der Waals surface area (Å²) in [7, 11) is 0. The summed E-state index contributed by atoms with van der Waals surface area (Å²) in [5.41, 5.74) is 2.61. The number of aldehydes is 1. The van der Waals surface area contributed by atoms with Gasteiger partial charge in [0.25, 0.3) is 0 Å². The van der Waals surface area contributed by atoms with E-state index < -0.39 is 0 Å². The zero-order valence-corrected chi connectivity index (χ0v) is 9.05. The van der Waals surface area contributed by atoms with Crippen LogP contribution in [0.4, 0.5) is 0 Å². The highest BCUT2D eigenvalue weighted by Crippen LogP contribution is 2.15. The second-order valence-corrected chi connectivity index (χ2v) is 3.51. The Labute approximate surface area is 94.2 Å². The molecule has 0 fully saturated rings. The van der Waals surface area contributed by atoms with E-state index in [1.807, 2.05) is 24.5 Å². The van der Waals surface area contributed by atoms with Gasteiger partial charge in [-0.3, -0.25) is 4.79 Å². The summed E-state index contributed by atoms with van der Waals surface area (Å²) in [6.07, 6.45) is 5.38. The summed E-state index contributed by atoms with van der Waals surface area (Å²) in [5.74, 6) is 0.654. The molecule has 0 amide bonds. The first-order valence-electron chi connectivity index (χ1n) is 5.20. The lowest BCUT2D eigenvalue weighted by Crippen LogP contribution is -1.92. The lowest BCUT2D eigenvalue weighted by atomic mass is 10.1. The SMILES string of the molecule is CCc1cnc(-c2cccc(C=O)c2)nc1. The molecule has 1 aromatic heterocycles. The highest BCUT2D eigenvalue weighted by molar-refractivity contribution is 5.77. The number of benzene rings is 1. The highest BCUT2D eigenvalue weighted by atomic mass is 16.1. The van der Waals surface area contributed by atoms with E-state index in [0.717, 1.165) is 23.8 Å². The first-order chi connectivity index (χ1) is 7.83. The van der Waals surface area contributed by atoms with Crippen molar-refractivity contribution in [1.29, 1.82) is 0 Å². The van der Waals surface area contributed by atoms with Crippen molar-refractivity contribution in [3.05, 3.63) is 47.8 Å². The van der Waals surface area contributed by atoms with Gasteiger partial charge in [-0.25, -0.2) is 9.97 Å². The Bertz CT molecular complexity index is 492. The van der Waals surface area contributed by atoms with Crippen LogP contribution in [0.25, 0.3) is 11.4 Å². The van der Waals surface area contributed by atoms with Gasteiger partial charge < -0.3 is 0 Å². The molecule has 0 unspecified atom stereocenters. The van der Waals surface area contributed by atoms with Crippen LogP contribution < -0.4 is 0 Å². The molecule has 0 aliphatic carbocycles. The molecule has 2 rings (SSSR count). The van der Waals surface area contributed by atoms with Crippen LogP contribution in [0.3, 0.4) is 0 Å². The maximum atomic E-state index is 10.6. The van der Waals surface area contributed by atoms with Crippen molar-refractivity contribution in [1.82, 2.24) is 9.97 Å². The lowest BCUT2D eigenvalue weighted by molar-refractivity contribution is 0.112. The molecule has 2 aromatic rings. The van der Waals surface area contributed by atoms with Crippen molar-refractivity contribution < 1.29 is 4.79 Å². The quantitative estimate of drug-likeness (QED) is 0.734. The van der Waals surface area contributed by atoms with E-state index in [1.165, 1.54) is 0 Å². The number of nitrogens with zero attached hydrogens (tertiary/aromatic N) is 2. The molecule has 0 radical (unpaired) electrons. The molecule has 0 spiro atoms. The van der Waals surface area contributed by atoms with Crippen LogP contribution in [0.5, 0.6) is 0 Å². The fourth-order valence-corrected chi connectivity index (χ4v) is 1.44. The minimum Gasteiger partial charge on any atom is -0.298 e. The number of rotatable bonds is 3. The molecule has 1 aromatic carbocycles. The van der Waals surface area contributed by atoms with Gasteiger partial charge in [-0.2, -0.15) is 0 Å². The molecule has 0 saturated carbocycles. The van der Waals surface area contributed by atoms with E-state index in [0.29, 0.717) is 11.4 Å². The molecule has 0 bridgehead atoms. The molecule has 80 valence electrons. The molecular formula is C13H12N2O. The van der Waals surface area contributed by atoms with E-state index >= 15 is 0 Å². The van der Waals surface area contributed by atoms with E-state index in [1.54, 1.807) is 12.1 Å². The molecule has 0 atom stereocenters. The minimum absolute atomic E-state index is 0.640. The van der Waals surface area contributed by atoms with Crippen LogP contribution in [0.2, 0.25) is 0 Å². The second kappa shape index (κ2) is 4.66. The van der Waals surface area contributed by atoms with Crippen LogP contribution in [0.1, 0.15) is 22.8 Å². The number of hydrogen-bond acceptors (Lipinski definition) is 3. The smallest absolute Gasteiger partial charge is 0.159 e. The number of hydrogen-bond donors (Lipinski definition) is 0. The van der Waals surface area contributed by atoms with Crippen molar-refractivity contribution in [2.45, 2.75) is 13.3 Å². The fourth-order valence-electron chi connectivity index (χ4n) is 1.44. The van der Waals surface area contributed by atoms with Crippen LogP contribution in [0.15, 0.2) is 36.7 Å². The Hall–Kier alpha value is -2.03. The first kappa shape index (κ1) is 10.5. The zero-order chi connectivity index (χ0) is 11.4. The Morgan fingerprint density at radius 3 is 2.62 bits per heavy atom. The molecule has 0 saturated heterocycles. The van der Waals surface area contributed by atoms with E-state index in [-0.39, 0.29) is 0 Å². The lowest BCUT2D eigenvalue weighted by Gasteiger charge is -2.01. The van der Waals surface area contributed by atoms with Crippen LogP contribution in [-0.2, 0) is 6.42 Å². The van der Waals surface area contributed by atoms with Crippen molar-refractivity contribution in [3.63, 3.8) is 0 Å². The molecule has 0 aliphatic heterocycles. The van der Waals surface area contributed by atoms with Crippen molar-refractivity contribution in [2.75, 3.05) is 0 Å². The zero-order valence-electron chi connectivity index (χ0n) is 9.05. The van der Waals surface area contributed by atoms with Crippen LogP contribution >= 0.6 is 0 Å². The number of aryl methyl sites for hydroxylation is 1. The van der Waals surface area contributed by atoms with Gasteiger partial charge in [0.15, 0.2) is 5.82 Å². The summed E-state index contributed by atoms with van der Waals surface area (Å²) in [6.45, 7) is 2.06. The van der Waals surface area contributed by atoms with Gasteiger partial charge in [0, 0.05) is 23.5 Å². The van der Waals surface area contributed by atoms with Gasteiger partial charge in [-0.1, -0.05) is 25.1 Å². The predicted octanol–water partition coefficient (Wildman–Crippen LogP) is 2.52.